The smallest absolute Gasteiger partial charge is 0.342 e. The van der Waals surface area contributed by atoms with Gasteiger partial charge in [-0.25, -0.2) is 4.79 Å². The van der Waals surface area contributed by atoms with E-state index in [2.05, 4.69) is 0 Å². The Bertz CT molecular complexity index is 730. The summed E-state index contributed by atoms with van der Waals surface area (Å²) < 4.78 is 16.4. The van der Waals surface area contributed by atoms with Crippen molar-refractivity contribution in [2.24, 2.45) is 0 Å². The van der Waals surface area contributed by atoms with Crippen LogP contribution in [0.3, 0.4) is 0 Å². The second-order valence-electron chi connectivity index (χ2n) is 5.79. The molecule has 0 aliphatic carbocycles. The van der Waals surface area contributed by atoms with Crippen LogP contribution in [-0.4, -0.2) is 50.2 Å². The number of hydrogen-bond donors (Lipinski definition) is 0. The minimum absolute atomic E-state index is 0.269. The standard InChI is InChI=1S/C20H23NO5/c1-15(19(22)21(2)3)26-20(23)17-11-7-8-12-18(17)25-14-13-24-16-9-5-4-6-10-16/h4-12,15H,13-14H2,1-3H3/t15-/m1/s1. The summed E-state index contributed by atoms with van der Waals surface area (Å²) in [7, 11) is 3.22. The van der Waals surface area contributed by atoms with E-state index >= 15 is 0 Å². The monoisotopic (exact) mass is 357 g/mol. The van der Waals surface area contributed by atoms with E-state index in [-0.39, 0.29) is 18.1 Å². The molecule has 0 unspecified atom stereocenters. The number of likely N-dealkylation sites (N-methyl/N-ethyl adjacent to an activating group) is 1. The molecule has 0 spiro atoms. The zero-order valence-electron chi connectivity index (χ0n) is 15.2. The van der Waals surface area contributed by atoms with E-state index in [1.165, 1.54) is 11.8 Å². The molecule has 0 saturated heterocycles. The first-order chi connectivity index (χ1) is 12.5. The van der Waals surface area contributed by atoms with Gasteiger partial charge in [0.05, 0.1) is 0 Å². The first-order valence-corrected chi connectivity index (χ1v) is 8.31. The number of esters is 1. The SMILES string of the molecule is C[C@@H](OC(=O)c1ccccc1OCCOc1ccccc1)C(=O)N(C)C. The van der Waals surface area contributed by atoms with Gasteiger partial charge in [-0.3, -0.25) is 4.79 Å². The van der Waals surface area contributed by atoms with Gasteiger partial charge >= 0.3 is 5.97 Å². The molecule has 0 aromatic heterocycles. The Morgan fingerprint density at radius 2 is 1.54 bits per heavy atom. The van der Waals surface area contributed by atoms with Gasteiger partial charge in [-0.05, 0) is 31.2 Å². The van der Waals surface area contributed by atoms with Crippen molar-refractivity contribution in [3.63, 3.8) is 0 Å². The van der Waals surface area contributed by atoms with Crippen LogP contribution in [0.5, 0.6) is 11.5 Å². The topological polar surface area (TPSA) is 65.1 Å². The molecule has 0 saturated carbocycles. The van der Waals surface area contributed by atoms with Crippen LogP contribution in [-0.2, 0) is 9.53 Å². The summed E-state index contributed by atoms with van der Waals surface area (Å²) in [6, 6.07) is 16.1. The highest BCUT2D eigenvalue weighted by molar-refractivity contribution is 5.94. The number of nitrogens with zero attached hydrogens (tertiary/aromatic N) is 1. The van der Waals surface area contributed by atoms with Crippen molar-refractivity contribution in [1.29, 1.82) is 0 Å². The van der Waals surface area contributed by atoms with Crippen molar-refractivity contribution in [2.45, 2.75) is 13.0 Å². The van der Waals surface area contributed by atoms with Gasteiger partial charge < -0.3 is 19.1 Å². The lowest BCUT2D eigenvalue weighted by molar-refractivity contribution is -0.137. The van der Waals surface area contributed by atoms with E-state index in [1.54, 1.807) is 38.4 Å². The quantitative estimate of drug-likeness (QED) is 0.537. The summed E-state index contributed by atoms with van der Waals surface area (Å²) in [6.45, 7) is 2.14. The zero-order valence-corrected chi connectivity index (χ0v) is 15.2. The van der Waals surface area contributed by atoms with E-state index in [1.807, 2.05) is 30.3 Å². The number of amides is 1. The van der Waals surface area contributed by atoms with Crippen molar-refractivity contribution in [3.05, 3.63) is 60.2 Å². The molecule has 0 aliphatic rings. The van der Waals surface area contributed by atoms with E-state index in [4.69, 9.17) is 14.2 Å². The largest absolute Gasteiger partial charge is 0.490 e. The Hall–Kier alpha value is -3.02. The molecule has 6 nitrogen and oxygen atoms in total. The van der Waals surface area contributed by atoms with Crippen LogP contribution >= 0.6 is 0 Å². The molecule has 0 heterocycles. The second-order valence-corrected chi connectivity index (χ2v) is 5.79. The molecule has 0 fully saturated rings. The summed E-state index contributed by atoms with van der Waals surface area (Å²) in [5.74, 6) is 0.249. The molecule has 1 amide bonds. The summed E-state index contributed by atoms with van der Waals surface area (Å²) in [5, 5.41) is 0. The maximum atomic E-state index is 12.4. The van der Waals surface area contributed by atoms with E-state index in [9.17, 15) is 9.59 Å². The molecule has 6 heteroatoms. The van der Waals surface area contributed by atoms with Crippen LogP contribution in [0.4, 0.5) is 0 Å². The average Bonchev–Trinajstić information content (AvgIpc) is 2.65. The lowest BCUT2D eigenvalue weighted by atomic mass is 10.2. The highest BCUT2D eigenvalue weighted by atomic mass is 16.6. The Labute approximate surface area is 153 Å². The van der Waals surface area contributed by atoms with Gasteiger partial charge in [0, 0.05) is 14.1 Å². The van der Waals surface area contributed by atoms with E-state index in [0.717, 1.165) is 5.75 Å². The third-order valence-electron chi connectivity index (χ3n) is 3.53. The van der Waals surface area contributed by atoms with Crippen molar-refractivity contribution in [3.8, 4) is 11.5 Å². The van der Waals surface area contributed by atoms with Gasteiger partial charge in [0.25, 0.3) is 5.91 Å². The number of carbonyl (C=O) groups is 2. The average molecular weight is 357 g/mol. The molecule has 0 bridgehead atoms. The molecule has 0 aliphatic heterocycles. The number of rotatable bonds is 8. The molecule has 2 aromatic rings. The molecule has 0 N–H and O–H groups in total. The van der Waals surface area contributed by atoms with Crippen molar-refractivity contribution < 1.29 is 23.8 Å². The minimum atomic E-state index is -0.869. The molecule has 1 atom stereocenters. The molecule has 26 heavy (non-hydrogen) atoms. The Balaban J connectivity index is 1.92. The van der Waals surface area contributed by atoms with Crippen molar-refractivity contribution in [1.82, 2.24) is 4.90 Å². The number of hydrogen-bond acceptors (Lipinski definition) is 5. The van der Waals surface area contributed by atoms with Crippen LogP contribution in [0.15, 0.2) is 54.6 Å². The number of para-hydroxylation sites is 2. The number of benzene rings is 2. The molecule has 138 valence electrons. The maximum absolute atomic E-state index is 12.4. The number of carbonyl (C=O) groups excluding carboxylic acids is 2. The van der Waals surface area contributed by atoms with Crippen LogP contribution in [0.25, 0.3) is 0 Å². The lowest BCUT2D eigenvalue weighted by Crippen LogP contribution is -2.35. The fourth-order valence-corrected chi connectivity index (χ4v) is 2.23. The highest BCUT2D eigenvalue weighted by Crippen LogP contribution is 2.20. The molecule has 0 radical (unpaired) electrons. The molecule has 2 rings (SSSR count). The number of ether oxygens (including phenoxy) is 3. The fraction of sp³-hybridized carbons (Fsp3) is 0.300. The van der Waals surface area contributed by atoms with Gasteiger partial charge in [-0.15, -0.1) is 0 Å². The summed E-state index contributed by atoms with van der Waals surface area (Å²) in [4.78, 5) is 25.6. The molecule has 2 aromatic carbocycles. The van der Waals surface area contributed by atoms with Gasteiger partial charge in [-0.1, -0.05) is 30.3 Å². The van der Waals surface area contributed by atoms with E-state index in [0.29, 0.717) is 12.4 Å². The van der Waals surface area contributed by atoms with Gasteiger partial charge in [0.2, 0.25) is 0 Å². The lowest BCUT2D eigenvalue weighted by Gasteiger charge is -2.18. The predicted octanol–water partition coefficient (Wildman–Crippen LogP) is 2.78. The predicted molar refractivity (Wildman–Crippen MR) is 97.4 cm³/mol. The summed E-state index contributed by atoms with van der Waals surface area (Å²) in [6.07, 6.45) is -0.869. The van der Waals surface area contributed by atoms with Gasteiger partial charge in [0.15, 0.2) is 6.10 Å². The molecular formula is C20H23NO5. The Morgan fingerprint density at radius 1 is 0.923 bits per heavy atom. The Morgan fingerprint density at radius 3 is 2.23 bits per heavy atom. The maximum Gasteiger partial charge on any atom is 0.342 e. The highest BCUT2D eigenvalue weighted by Gasteiger charge is 2.22. The van der Waals surface area contributed by atoms with Gasteiger partial charge in [0.1, 0.15) is 30.3 Å². The third-order valence-corrected chi connectivity index (χ3v) is 3.53. The van der Waals surface area contributed by atoms with Crippen molar-refractivity contribution >= 4 is 11.9 Å². The first-order valence-electron chi connectivity index (χ1n) is 8.31. The van der Waals surface area contributed by atoms with Crippen LogP contribution in [0.1, 0.15) is 17.3 Å². The van der Waals surface area contributed by atoms with Crippen LogP contribution in [0, 0.1) is 0 Å². The zero-order chi connectivity index (χ0) is 18.9. The van der Waals surface area contributed by atoms with Crippen LogP contribution < -0.4 is 9.47 Å². The second kappa shape index (κ2) is 9.46. The normalized spacial score (nSPS) is 11.3. The summed E-state index contributed by atoms with van der Waals surface area (Å²) >= 11 is 0. The molecular weight excluding hydrogens is 334 g/mol. The van der Waals surface area contributed by atoms with E-state index < -0.39 is 12.1 Å². The van der Waals surface area contributed by atoms with Gasteiger partial charge in [-0.2, -0.15) is 0 Å². The minimum Gasteiger partial charge on any atom is -0.490 e. The van der Waals surface area contributed by atoms with Crippen LogP contribution in [0.2, 0.25) is 0 Å². The van der Waals surface area contributed by atoms with Crippen molar-refractivity contribution in [2.75, 3.05) is 27.3 Å². The third kappa shape index (κ3) is 5.51. The Kier molecular flexibility index (Phi) is 7.02. The summed E-state index contributed by atoms with van der Waals surface area (Å²) in [5.41, 5.74) is 0.269. The first kappa shape index (κ1) is 19.3. The fourth-order valence-electron chi connectivity index (χ4n) is 2.23.